The predicted octanol–water partition coefficient (Wildman–Crippen LogP) is -1.91. The van der Waals surface area contributed by atoms with Crippen molar-refractivity contribution in [2.45, 2.75) is 171 Å². The number of hydrogen-bond donors (Lipinski definition) is 9. The van der Waals surface area contributed by atoms with Gasteiger partial charge in [-0.2, -0.15) is 0 Å². The summed E-state index contributed by atoms with van der Waals surface area (Å²) in [4.78, 5) is 164. The molecule has 5 fully saturated rings. The highest BCUT2D eigenvalue weighted by Gasteiger charge is 2.47. The number of carboxylic acids is 1. The quantitative estimate of drug-likeness (QED) is 0.0290. The Morgan fingerprint density at radius 2 is 1.30 bits per heavy atom. The van der Waals surface area contributed by atoms with Crippen LogP contribution in [0.25, 0.3) is 0 Å². The van der Waals surface area contributed by atoms with E-state index in [9.17, 15) is 57.8 Å². The number of rotatable bonds is 24. The zero-order valence-electron chi connectivity index (χ0n) is 44.9. The second-order valence-corrected chi connectivity index (χ2v) is 21.4. The van der Waals surface area contributed by atoms with E-state index >= 15 is 0 Å². The molecule has 12 N–H and O–H groups in total. The Labute approximate surface area is 458 Å². The smallest absolute Gasteiger partial charge is 0.326 e. The van der Waals surface area contributed by atoms with E-state index in [0.717, 1.165) is 11.3 Å². The standard InChI is InChI=1S/C53H76N14O12/c1-3-29(2)43(51(77)66-25-9-16-39(66)50(76)67-26-10-17-40(67)52(78)79)63-45(71)34(18-20-41(54)68)60-46(72)37-14-7-23-64(37)48(74)35(13-6-22-57-53(55)56)61-47(73)38-15-8-24-65(38)49(75)36(62-44(70)33-19-21-42(69)59-33)27-30-28-58-32-12-5-4-11-31(30)32/h4-5,11-12,28-29,31,33-40,43H,3,6-10,13-27H2,1-2H3,(H2,54,68)(H,59,69)(H,60,72)(H,61,73)(H,62,70)(H,63,71)(H,78,79)(H4,55,56,57)/t29-,31?,33-,34-,35-,36-,37-,38-,39-,40-,43-/m0/s1. The number of hydrogen-bond acceptors (Lipinski definition) is 13. The average molecular weight is 1100 g/mol. The number of likely N-dealkylation sites (tertiary alicyclic amines) is 4. The lowest BCUT2D eigenvalue weighted by Crippen LogP contribution is -2.60. The summed E-state index contributed by atoms with van der Waals surface area (Å²) >= 11 is 0. The van der Waals surface area contributed by atoms with Gasteiger partial charge in [-0.05, 0) is 94.6 Å². The molecule has 26 nitrogen and oxygen atoms in total. The number of fused-ring (bicyclic) bond motifs is 1. The van der Waals surface area contributed by atoms with Crippen LogP contribution >= 0.6 is 0 Å². The van der Waals surface area contributed by atoms with Crippen LogP contribution in [0.2, 0.25) is 0 Å². The van der Waals surface area contributed by atoms with Crippen molar-refractivity contribution in [3.63, 3.8) is 0 Å². The van der Waals surface area contributed by atoms with Crippen LogP contribution in [0.1, 0.15) is 117 Å². The molecule has 1 aliphatic carbocycles. The van der Waals surface area contributed by atoms with Gasteiger partial charge in [-0.1, -0.05) is 38.5 Å². The number of carboxylic acid groups (broad SMARTS) is 1. The van der Waals surface area contributed by atoms with Crippen LogP contribution in [-0.4, -0.2) is 189 Å². The van der Waals surface area contributed by atoms with Gasteiger partial charge in [0.15, 0.2) is 5.96 Å². The lowest BCUT2D eigenvalue weighted by atomic mass is 9.88. The SMILES string of the molecule is CC[C@H](C)[C@H](NC(=O)[C@H](CCC(N)=O)NC(=O)[C@@H]1CCCN1C(=O)[C@H](CCCN=C(N)N)NC(=O)[C@@H]1CCCN1C(=O)[C@H](CC1=CN=C2C=CC=CC12)NC(=O)[C@@H]1CCC(=O)N1)C(=O)N1CCC[C@H]1C(=O)N1CCC[C@H]1C(=O)O. The highest BCUT2D eigenvalue weighted by Crippen LogP contribution is 2.31. The van der Waals surface area contributed by atoms with Gasteiger partial charge in [0.1, 0.15) is 54.4 Å². The van der Waals surface area contributed by atoms with E-state index in [0.29, 0.717) is 44.9 Å². The van der Waals surface area contributed by atoms with Gasteiger partial charge in [-0.15, -0.1) is 0 Å². The van der Waals surface area contributed by atoms with E-state index in [1.54, 1.807) is 13.1 Å². The number of nitrogens with one attached hydrogen (secondary N) is 5. The van der Waals surface area contributed by atoms with Gasteiger partial charge in [0.2, 0.25) is 59.1 Å². The van der Waals surface area contributed by atoms with Crippen molar-refractivity contribution in [1.82, 2.24) is 46.2 Å². The molecule has 11 atom stereocenters. The van der Waals surface area contributed by atoms with Crippen molar-refractivity contribution < 1.29 is 57.8 Å². The lowest BCUT2D eigenvalue weighted by Gasteiger charge is -2.34. The number of carbonyl (C=O) groups is 11. The van der Waals surface area contributed by atoms with Crippen LogP contribution in [0, 0.1) is 11.8 Å². The number of allylic oxidation sites excluding steroid dienone is 4. The van der Waals surface area contributed by atoms with Crippen LogP contribution < -0.4 is 43.8 Å². The van der Waals surface area contributed by atoms with E-state index in [4.69, 9.17) is 17.2 Å². The second-order valence-electron chi connectivity index (χ2n) is 21.4. The summed E-state index contributed by atoms with van der Waals surface area (Å²) < 4.78 is 0. The first-order valence-electron chi connectivity index (χ1n) is 27.7. The summed E-state index contributed by atoms with van der Waals surface area (Å²) in [6, 6.07) is -10.00. The zero-order valence-corrected chi connectivity index (χ0v) is 44.9. The van der Waals surface area contributed by atoms with E-state index in [-0.39, 0.29) is 108 Å². The third-order valence-electron chi connectivity index (χ3n) is 16.1. The molecule has 0 aromatic heterocycles. The van der Waals surface area contributed by atoms with Crippen molar-refractivity contribution in [1.29, 1.82) is 0 Å². The van der Waals surface area contributed by atoms with Gasteiger partial charge >= 0.3 is 5.97 Å². The fourth-order valence-electron chi connectivity index (χ4n) is 11.6. The highest BCUT2D eigenvalue weighted by atomic mass is 16.4. The first-order chi connectivity index (χ1) is 37.8. The Bertz CT molecular complexity index is 2560. The average Bonchev–Trinajstić information content (AvgIpc) is 4.38. The number of primary amides is 1. The van der Waals surface area contributed by atoms with Crippen molar-refractivity contribution in [3.8, 4) is 0 Å². The van der Waals surface area contributed by atoms with E-state index in [1.165, 1.54) is 19.6 Å². The molecule has 1 unspecified atom stereocenters. The van der Waals surface area contributed by atoms with Gasteiger partial charge in [0, 0.05) is 64.1 Å². The maximum Gasteiger partial charge on any atom is 0.326 e. The first kappa shape index (κ1) is 59.0. The monoisotopic (exact) mass is 1100 g/mol. The Morgan fingerprint density at radius 3 is 1.90 bits per heavy atom. The highest BCUT2D eigenvalue weighted by molar-refractivity contribution is 6.04. The predicted molar refractivity (Wildman–Crippen MR) is 285 cm³/mol. The summed E-state index contributed by atoms with van der Waals surface area (Å²) in [5.74, 6) is -8.01. The van der Waals surface area contributed by atoms with Gasteiger partial charge < -0.3 is 68.5 Å². The Hall–Kier alpha value is -7.67. The third-order valence-corrected chi connectivity index (χ3v) is 16.1. The van der Waals surface area contributed by atoms with Crippen molar-refractivity contribution >= 4 is 76.7 Å². The summed E-state index contributed by atoms with van der Waals surface area (Å²) in [6.07, 6.45) is 12.4. The van der Waals surface area contributed by atoms with Gasteiger partial charge in [0.25, 0.3) is 0 Å². The summed E-state index contributed by atoms with van der Waals surface area (Å²) in [6.45, 7) is 4.33. The minimum atomic E-state index is -1.42. The molecule has 6 heterocycles. The van der Waals surface area contributed by atoms with Gasteiger partial charge in [-0.3, -0.25) is 57.9 Å². The molecule has 0 saturated carbocycles. The van der Waals surface area contributed by atoms with Crippen molar-refractivity contribution in [3.05, 3.63) is 36.1 Å². The van der Waals surface area contributed by atoms with Crippen LogP contribution in [0.5, 0.6) is 0 Å². The minimum Gasteiger partial charge on any atom is -0.480 e. The lowest BCUT2D eigenvalue weighted by molar-refractivity contribution is -0.152. The molecule has 0 aromatic carbocycles. The molecule has 7 rings (SSSR count). The Kier molecular flexibility index (Phi) is 20.0. The Balaban J connectivity index is 1.05. The molecule has 430 valence electrons. The number of aliphatic imine (C=N–C) groups is 2. The molecular formula is C53H76N14O12. The molecule has 79 heavy (non-hydrogen) atoms. The van der Waals surface area contributed by atoms with E-state index < -0.39 is 119 Å². The number of guanidine groups is 1. The number of carbonyl (C=O) groups excluding carboxylic acids is 10. The van der Waals surface area contributed by atoms with Crippen LogP contribution in [-0.2, 0) is 52.7 Å². The molecule has 5 saturated heterocycles. The fraction of sp³-hybridized carbons (Fsp3) is 0.642. The van der Waals surface area contributed by atoms with E-state index in [1.807, 2.05) is 31.2 Å². The van der Waals surface area contributed by atoms with Crippen LogP contribution in [0.3, 0.4) is 0 Å². The molecule has 6 aliphatic heterocycles. The molecule has 26 heteroatoms. The second kappa shape index (κ2) is 26.8. The molecule has 0 bridgehead atoms. The van der Waals surface area contributed by atoms with Gasteiger partial charge in [0.05, 0.1) is 5.71 Å². The van der Waals surface area contributed by atoms with Gasteiger partial charge in [-0.25, -0.2) is 4.79 Å². The largest absolute Gasteiger partial charge is 0.480 e. The number of aliphatic carboxylic acids is 1. The van der Waals surface area contributed by atoms with Crippen LogP contribution in [0.4, 0.5) is 0 Å². The third kappa shape index (κ3) is 14.3. The minimum absolute atomic E-state index is 0.00874. The maximum atomic E-state index is 14.8. The summed E-state index contributed by atoms with van der Waals surface area (Å²) in [7, 11) is 0. The van der Waals surface area contributed by atoms with Crippen molar-refractivity contribution in [2.75, 3.05) is 32.7 Å². The van der Waals surface area contributed by atoms with E-state index in [2.05, 4.69) is 36.6 Å². The molecule has 7 aliphatic rings. The number of nitrogens with zero attached hydrogens (tertiary/aromatic N) is 6. The molecule has 0 spiro atoms. The fourth-order valence-corrected chi connectivity index (χ4v) is 11.6. The topological polar surface area (TPSA) is 384 Å². The summed E-state index contributed by atoms with van der Waals surface area (Å²) in [5.41, 5.74) is 18.2. The number of nitrogens with two attached hydrogens (primary N) is 3. The molecule has 0 aromatic rings. The molecular weight excluding hydrogens is 1020 g/mol. The molecule has 0 radical (unpaired) electrons. The molecule has 10 amide bonds. The van der Waals surface area contributed by atoms with Crippen molar-refractivity contribution in [2.24, 2.45) is 39.0 Å². The summed E-state index contributed by atoms with van der Waals surface area (Å²) in [5, 5.41) is 23.6. The Morgan fingerprint density at radius 1 is 0.722 bits per heavy atom. The zero-order chi connectivity index (χ0) is 57.1. The van der Waals surface area contributed by atoms with Crippen LogP contribution in [0.15, 0.2) is 46.1 Å². The first-order valence-corrected chi connectivity index (χ1v) is 27.7. The normalized spacial score (nSPS) is 25.0. The maximum absolute atomic E-state index is 14.8. The number of amides is 10.